The molecule has 0 unspecified atom stereocenters. The number of carbonyl (C=O) groups is 1. The van der Waals surface area contributed by atoms with E-state index in [1.165, 1.54) is 0 Å². The van der Waals surface area contributed by atoms with Crippen molar-refractivity contribution >= 4 is 28.4 Å². The van der Waals surface area contributed by atoms with Gasteiger partial charge in [0.1, 0.15) is 5.69 Å². The van der Waals surface area contributed by atoms with Gasteiger partial charge in [0.2, 0.25) is 0 Å². The summed E-state index contributed by atoms with van der Waals surface area (Å²) in [6, 6.07) is 7.54. The first-order valence-electron chi connectivity index (χ1n) is 8.14. The fourth-order valence-corrected chi connectivity index (χ4v) is 3.61. The van der Waals surface area contributed by atoms with Crippen LogP contribution in [0.3, 0.4) is 0 Å². The van der Waals surface area contributed by atoms with E-state index >= 15 is 0 Å². The first kappa shape index (κ1) is 16.3. The summed E-state index contributed by atoms with van der Waals surface area (Å²) in [5.41, 5.74) is 0.836. The second-order valence-electron chi connectivity index (χ2n) is 7.09. The minimum absolute atomic E-state index is 0.0796. The Balaban J connectivity index is 1.63. The summed E-state index contributed by atoms with van der Waals surface area (Å²) in [4.78, 5) is 15.6. The molecular formula is C18H23ClN2O2. The van der Waals surface area contributed by atoms with Gasteiger partial charge in [-0.05, 0) is 69.7 Å². The van der Waals surface area contributed by atoms with Crippen LogP contribution >= 0.6 is 11.6 Å². The topological polar surface area (TPSA) is 65.1 Å². The number of halogens is 1. The van der Waals surface area contributed by atoms with Crippen molar-refractivity contribution in [2.24, 2.45) is 5.92 Å². The summed E-state index contributed by atoms with van der Waals surface area (Å²) in [6.07, 6.45) is 3.70. The van der Waals surface area contributed by atoms with Crippen LogP contribution in [0.1, 0.15) is 50.0 Å². The molecule has 1 amide bonds. The fraction of sp³-hybridized carbons (Fsp3) is 0.500. The molecule has 1 aliphatic carbocycles. The van der Waals surface area contributed by atoms with Crippen molar-refractivity contribution in [2.75, 3.05) is 0 Å². The van der Waals surface area contributed by atoms with Crippen molar-refractivity contribution < 1.29 is 9.90 Å². The lowest BCUT2D eigenvalue weighted by atomic mass is 9.77. The van der Waals surface area contributed by atoms with Gasteiger partial charge in [0.15, 0.2) is 0 Å². The zero-order valence-corrected chi connectivity index (χ0v) is 14.3. The Kier molecular flexibility index (Phi) is 4.39. The highest BCUT2D eigenvalue weighted by Crippen LogP contribution is 2.32. The number of aromatic amines is 1. The highest BCUT2D eigenvalue weighted by atomic mass is 35.5. The van der Waals surface area contributed by atoms with E-state index < -0.39 is 5.60 Å². The lowest BCUT2D eigenvalue weighted by Gasteiger charge is -2.36. The molecule has 3 rings (SSSR count). The van der Waals surface area contributed by atoms with E-state index in [-0.39, 0.29) is 11.9 Å². The largest absolute Gasteiger partial charge is 0.390 e. The van der Waals surface area contributed by atoms with Crippen LogP contribution in [0.25, 0.3) is 10.9 Å². The van der Waals surface area contributed by atoms with E-state index in [9.17, 15) is 9.90 Å². The van der Waals surface area contributed by atoms with E-state index in [1.807, 2.05) is 32.0 Å². The van der Waals surface area contributed by atoms with Crippen molar-refractivity contribution in [2.45, 2.75) is 51.2 Å². The van der Waals surface area contributed by atoms with Crippen LogP contribution in [0.15, 0.2) is 24.3 Å². The average molecular weight is 335 g/mol. The van der Waals surface area contributed by atoms with Crippen molar-refractivity contribution in [3.8, 4) is 0 Å². The van der Waals surface area contributed by atoms with Gasteiger partial charge in [0.25, 0.3) is 5.91 Å². The second-order valence-corrected chi connectivity index (χ2v) is 7.53. The van der Waals surface area contributed by atoms with Crippen LogP contribution in [-0.2, 0) is 0 Å². The number of H-pyrrole nitrogens is 1. The van der Waals surface area contributed by atoms with Crippen LogP contribution in [-0.4, -0.2) is 27.6 Å². The standard InChI is InChI=1S/C18H23ClN2O2/c1-18(2,23)12-3-6-14(7-4-12)20-17(22)16-10-11-9-13(19)5-8-15(11)21-16/h5,8-10,12,14,21,23H,3-4,6-7H2,1-2H3,(H,20,22). The molecule has 1 aliphatic rings. The molecule has 1 fully saturated rings. The van der Waals surface area contributed by atoms with Crippen LogP contribution in [0.2, 0.25) is 5.02 Å². The Morgan fingerprint density at radius 1 is 1.26 bits per heavy atom. The number of amides is 1. The van der Waals surface area contributed by atoms with Crippen molar-refractivity contribution in [1.82, 2.24) is 10.3 Å². The normalized spacial score (nSPS) is 22.3. The maximum Gasteiger partial charge on any atom is 0.267 e. The summed E-state index contributed by atoms with van der Waals surface area (Å²) in [5.74, 6) is 0.231. The molecule has 0 spiro atoms. The number of aliphatic hydroxyl groups is 1. The summed E-state index contributed by atoms with van der Waals surface area (Å²) >= 11 is 5.98. The van der Waals surface area contributed by atoms with Crippen LogP contribution in [0.5, 0.6) is 0 Å². The molecule has 0 atom stereocenters. The van der Waals surface area contributed by atoms with E-state index in [0.717, 1.165) is 36.6 Å². The Labute approximate surface area is 141 Å². The summed E-state index contributed by atoms with van der Waals surface area (Å²) in [7, 11) is 0. The number of benzene rings is 1. The number of hydrogen-bond acceptors (Lipinski definition) is 2. The predicted molar refractivity (Wildman–Crippen MR) is 92.8 cm³/mol. The van der Waals surface area contributed by atoms with Gasteiger partial charge in [-0.3, -0.25) is 4.79 Å². The van der Waals surface area contributed by atoms with Crippen molar-refractivity contribution in [1.29, 1.82) is 0 Å². The molecule has 124 valence electrons. The van der Waals surface area contributed by atoms with Gasteiger partial charge in [-0.15, -0.1) is 0 Å². The quantitative estimate of drug-likeness (QED) is 0.797. The number of fused-ring (bicyclic) bond motifs is 1. The number of carbonyl (C=O) groups excluding carboxylic acids is 1. The molecule has 4 nitrogen and oxygen atoms in total. The first-order chi connectivity index (χ1) is 10.8. The monoisotopic (exact) mass is 334 g/mol. The van der Waals surface area contributed by atoms with Gasteiger partial charge in [0, 0.05) is 22.0 Å². The van der Waals surface area contributed by atoms with Crippen LogP contribution < -0.4 is 5.32 Å². The molecule has 0 radical (unpaired) electrons. The lowest BCUT2D eigenvalue weighted by Crippen LogP contribution is -2.41. The van der Waals surface area contributed by atoms with Crippen molar-refractivity contribution in [3.05, 3.63) is 35.0 Å². The van der Waals surface area contributed by atoms with Gasteiger partial charge < -0.3 is 15.4 Å². The molecule has 3 N–H and O–H groups in total. The molecule has 23 heavy (non-hydrogen) atoms. The predicted octanol–water partition coefficient (Wildman–Crippen LogP) is 3.88. The van der Waals surface area contributed by atoms with Crippen LogP contribution in [0, 0.1) is 5.92 Å². The smallest absolute Gasteiger partial charge is 0.267 e. The fourth-order valence-electron chi connectivity index (χ4n) is 3.43. The highest BCUT2D eigenvalue weighted by Gasteiger charge is 2.31. The summed E-state index contributed by atoms with van der Waals surface area (Å²) in [5, 5.41) is 14.8. The molecule has 0 aliphatic heterocycles. The number of nitrogens with one attached hydrogen (secondary N) is 2. The molecule has 0 saturated heterocycles. The summed E-state index contributed by atoms with van der Waals surface area (Å²) < 4.78 is 0. The number of hydrogen-bond donors (Lipinski definition) is 3. The third-order valence-electron chi connectivity index (χ3n) is 4.89. The Bertz CT molecular complexity index is 709. The summed E-state index contributed by atoms with van der Waals surface area (Å²) in [6.45, 7) is 3.73. The van der Waals surface area contributed by atoms with E-state index in [0.29, 0.717) is 16.6 Å². The van der Waals surface area contributed by atoms with Crippen LogP contribution in [0.4, 0.5) is 0 Å². The first-order valence-corrected chi connectivity index (χ1v) is 8.52. The molecule has 1 aromatic carbocycles. The minimum atomic E-state index is -0.634. The SMILES string of the molecule is CC(C)(O)C1CCC(NC(=O)c2cc3cc(Cl)ccc3[nH]2)CC1. The number of rotatable bonds is 3. The van der Waals surface area contributed by atoms with E-state index in [2.05, 4.69) is 10.3 Å². The average Bonchev–Trinajstić information content (AvgIpc) is 2.90. The van der Waals surface area contributed by atoms with Gasteiger partial charge in [-0.2, -0.15) is 0 Å². The molecular weight excluding hydrogens is 312 g/mol. The Hall–Kier alpha value is -1.52. The maximum absolute atomic E-state index is 12.4. The zero-order chi connectivity index (χ0) is 16.6. The highest BCUT2D eigenvalue weighted by molar-refractivity contribution is 6.31. The maximum atomic E-state index is 12.4. The molecule has 1 heterocycles. The third-order valence-corrected chi connectivity index (χ3v) is 5.12. The molecule has 5 heteroatoms. The third kappa shape index (κ3) is 3.70. The molecule has 1 saturated carbocycles. The van der Waals surface area contributed by atoms with Gasteiger partial charge in [0.05, 0.1) is 5.60 Å². The zero-order valence-electron chi connectivity index (χ0n) is 13.5. The van der Waals surface area contributed by atoms with Crippen molar-refractivity contribution in [3.63, 3.8) is 0 Å². The van der Waals surface area contributed by atoms with Gasteiger partial charge in [-0.25, -0.2) is 0 Å². The lowest BCUT2D eigenvalue weighted by molar-refractivity contribution is -0.00258. The second kappa shape index (κ2) is 6.17. The molecule has 2 aromatic rings. The minimum Gasteiger partial charge on any atom is -0.390 e. The molecule has 0 bridgehead atoms. The Morgan fingerprint density at radius 3 is 2.61 bits per heavy atom. The van der Waals surface area contributed by atoms with E-state index in [1.54, 1.807) is 6.07 Å². The molecule has 1 aromatic heterocycles. The number of aromatic nitrogens is 1. The van der Waals surface area contributed by atoms with Gasteiger partial charge >= 0.3 is 0 Å². The Morgan fingerprint density at radius 2 is 1.96 bits per heavy atom. The van der Waals surface area contributed by atoms with Gasteiger partial charge in [-0.1, -0.05) is 11.6 Å². The van der Waals surface area contributed by atoms with E-state index in [4.69, 9.17) is 11.6 Å².